The van der Waals surface area contributed by atoms with Gasteiger partial charge in [-0.25, -0.2) is 9.97 Å². The first-order chi connectivity index (χ1) is 14.5. The van der Waals surface area contributed by atoms with E-state index in [2.05, 4.69) is 20.3 Å². The number of amides is 2. The van der Waals surface area contributed by atoms with E-state index >= 15 is 0 Å². The third-order valence-corrected chi connectivity index (χ3v) is 4.79. The average Bonchev–Trinajstić information content (AvgIpc) is 2.79. The smallest absolute Gasteiger partial charge is 0.257 e. The van der Waals surface area contributed by atoms with Crippen LogP contribution in [-0.4, -0.2) is 44.8 Å². The molecule has 0 saturated heterocycles. The van der Waals surface area contributed by atoms with Gasteiger partial charge in [0, 0.05) is 43.8 Å². The maximum atomic E-state index is 12.9. The molecular formula is C23H25N5O2. The van der Waals surface area contributed by atoms with Crippen LogP contribution in [0.2, 0.25) is 0 Å². The van der Waals surface area contributed by atoms with Gasteiger partial charge < -0.3 is 10.2 Å². The van der Waals surface area contributed by atoms with Gasteiger partial charge in [0.05, 0.1) is 16.8 Å². The van der Waals surface area contributed by atoms with Crippen LogP contribution in [0.4, 0.5) is 0 Å². The van der Waals surface area contributed by atoms with E-state index in [0.717, 1.165) is 11.1 Å². The fraction of sp³-hybridized carbons (Fsp3) is 0.261. The van der Waals surface area contributed by atoms with Crippen LogP contribution in [0.3, 0.4) is 0 Å². The first-order valence-electron chi connectivity index (χ1n) is 9.94. The summed E-state index contributed by atoms with van der Waals surface area (Å²) in [6, 6.07) is 11.1. The molecule has 7 heteroatoms. The number of nitrogens with zero attached hydrogens (tertiary/aromatic N) is 4. The standard InChI is InChI=1S/C23H25N5O2/c1-4-28(5-2)23(30)20-15-25-16(3)27-21(20)18-10-8-17(9-11-18)13-26-22(29)19-7-6-12-24-14-19/h6-12,14-15H,4-5,13H2,1-3H3,(H,26,29). The first kappa shape index (κ1) is 21.1. The molecule has 0 spiro atoms. The maximum absolute atomic E-state index is 12.9. The molecule has 0 atom stereocenters. The lowest BCUT2D eigenvalue weighted by molar-refractivity contribution is 0.0772. The highest BCUT2D eigenvalue weighted by atomic mass is 16.2. The molecule has 154 valence electrons. The molecule has 0 radical (unpaired) electrons. The minimum atomic E-state index is -0.175. The Kier molecular flexibility index (Phi) is 6.85. The van der Waals surface area contributed by atoms with Crippen molar-refractivity contribution in [2.75, 3.05) is 13.1 Å². The van der Waals surface area contributed by atoms with Crippen LogP contribution in [0.15, 0.2) is 55.0 Å². The van der Waals surface area contributed by atoms with Crippen LogP contribution >= 0.6 is 0 Å². The van der Waals surface area contributed by atoms with E-state index in [1.807, 2.05) is 38.1 Å². The second-order valence-corrected chi connectivity index (χ2v) is 6.78. The van der Waals surface area contributed by atoms with E-state index in [4.69, 9.17) is 0 Å². The van der Waals surface area contributed by atoms with E-state index in [0.29, 0.717) is 42.3 Å². The van der Waals surface area contributed by atoms with Gasteiger partial charge in [0.25, 0.3) is 11.8 Å². The molecule has 0 saturated carbocycles. The van der Waals surface area contributed by atoms with E-state index in [-0.39, 0.29) is 11.8 Å². The van der Waals surface area contributed by atoms with Gasteiger partial charge >= 0.3 is 0 Å². The zero-order chi connectivity index (χ0) is 21.5. The summed E-state index contributed by atoms with van der Waals surface area (Å²) >= 11 is 0. The number of carbonyl (C=O) groups is 2. The highest BCUT2D eigenvalue weighted by Gasteiger charge is 2.19. The summed E-state index contributed by atoms with van der Waals surface area (Å²) < 4.78 is 0. The van der Waals surface area contributed by atoms with Crippen molar-refractivity contribution >= 4 is 11.8 Å². The number of hydrogen-bond acceptors (Lipinski definition) is 5. The predicted octanol–water partition coefficient (Wildman–Crippen LogP) is 3.26. The predicted molar refractivity (Wildman–Crippen MR) is 115 cm³/mol. The Morgan fingerprint density at radius 3 is 2.40 bits per heavy atom. The van der Waals surface area contributed by atoms with Crippen molar-refractivity contribution in [3.05, 3.63) is 77.5 Å². The summed E-state index contributed by atoms with van der Waals surface area (Å²) in [6.45, 7) is 7.34. The lowest BCUT2D eigenvalue weighted by atomic mass is 10.0. The molecule has 0 unspecified atom stereocenters. The van der Waals surface area contributed by atoms with Crippen LogP contribution in [-0.2, 0) is 6.54 Å². The van der Waals surface area contributed by atoms with Crippen LogP contribution in [0.25, 0.3) is 11.3 Å². The lowest BCUT2D eigenvalue weighted by Gasteiger charge is -2.20. The third kappa shape index (κ3) is 4.86. The Balaban J connectivity index is 1.78. The number of carbonyl (C=O) groups excluding carboxylic acids is 2. The van der Waals surface area contributed by atoms with Crippen LogP contribution in [0.1, 0.15) is 46.0 Å². The Bertz CT molecular complexity index is 1020. The van der Waals surface area contributed by atoms with Gasteiger partial charge in [-0.1, -0.05) is 24.3 Å². The number of nitrogens with one attached hydrogen (secondary N) is 1. The van der Waals surface area contributed by atoms with Gasteiger partial charge in [-0.05, 0) is 38.5 Å². The fourth-order valence-corrected chi connectivity index (χ4v) is 3.09. The maximum Gasteiger partial charge on any atom is 0.257 e. The highest BCUT2D eigenvalue weighted by Crippen LogP contribution is 2.23. The summed E-state index contributed by atoms with van der Waals surface area (Å²) in [7, 11) is 0. The molecule has 2 amide bonds. The molecule has 0 aliphatic carbocycles. The minimum Gasteiger partial charge on any atom is -0.348 e. The highest BCUT2D eigenvalue weighted by molar-refractivity contribution is 5.99. The summed E-state index contributed by atoms with van der Waals surface area (Å²) in [5.74, 6) is 0.349. The summed E-state index contributed by atoms with van der Waals surface area (Å²) in [4.78, 5) is 39.5. The number of rotatable bonds is 7. The molecule has 2 aromatic heterocycles. The summed E-state index contributed by atoms with van der Waals surface area (Å²) in [5, 5.41) is 2.88. The Hall–Kier alpha value is -3.61. The molecule has 7 nitrogen and oxygen atoms in total. The summed E-state index contributed by atoms with van der Waals surface area (Å²) in [6.07, 6.45) is 4.76. The van der Waals surface area contributed by atoms with Crippen molar-refractivity contribution in [3.63, 3.8) is 0 Å². The molecule has 0 fully saturated rings. The Morgan fingerprint density at radius 1 is 1.03 bits per heavy atom. The number of aryl methyl sites for hydroxylation is 1. The van der Waals surface area contributed by atoms with Gasteiger partial charge in [-0.2, -0.15) is 0 Å². The van der Waals surface area contributed by atoms with E-state index in [1.54, 1.807) is 36.4 Å². The molecule has 0 aliphatic heterocycles. The third-order valence-electron chi connectivity index (χ3n) is 4.79. The number of pyridine rings is 1. The monoisotopic (exact) mass is 403 g/mol. The molecule has 1 N–H and O–H groups in total. The average molecular weight is 403 g/mol. The Morgan fingerprint density at radius 2 is 1.77 bits per heavy atom. The van der Waals surface area contributed by atoms with Crippen molar-refractivity contribution in [1.29, 1.82) is 0 Å². The lowest BCUT2D eigenvalue weighted by Crippen LogP contribution is -2.31. The summed E-state index contributed by atoms with van der Waals surface area (Å²) in [5.41, 5.74) is 3.40. The van der Waals surface area contributed by atoms with Gasteiger partial charge in [0.15, 0.2) is 0 Å². The topological polar surface area (TPSA) is 88.1 Å². The zero-order valence-corrected chi connectivity index (χ0v) is 17.4. The van der Waals surface area contributed by atoms with Crippen molar-refractivity contribution in [2.24, 2.45) is 0 Å². The molecule has 1 aromatic carbocycles. The minimum absolute atomic E-state index is 0.0807. The Labute approximate surface area is 176 Å². The quantitative estimate of drug-likeness (QED) is 0.654. The van der Waals surface area contributed by atoms with Crippen molar-refractivity contribution in [1.82, 2.24) is 25.2 Å². The SMILES string of the molecule is CCN(CC)C(=O)c1cnc(C)nc1-c1ccc(CNC(=O)c2cccnc2)cc1. The van der Waals surface area contributed by atoms with Crippen LogP contribution in [0.5, 0.6) is 0 Å². The fourth-order valence-electron chi connectivity index (χ4n) is 3.09. The van der Waals surface area contributed by atoms with Gasteiger partial charge in [-0.15, -0.1) is 0 Å². The number of aromatic nitrogens is 3. The van der Waals surface area contributed by atoms with E-state index in [1.165, 1.54) is 6.20 Å². The molecular weight excluding hydrogens is 378 g/mol. The van der Waals surface area contributed by atoms with Crippen LogP contribution < -0.4 is 5.32 Å². The number of benzene rings is 1. The normalized spacial score (nSPS) is 10.5. The van der Waals surface area contributed by atoms with E-state index in [9.17, 15) is 9.59 Å². The molecule has 3 aromatic rings. The van der Waals surface area contributed by atoms with Gasteiger partial charge in [0.2, 0.25) is 0 Å². The van der Waals surface area contributed by atoms with Crippen molar-refractivity contribution in [2.45, 2.75) is 27.3 Å². The van der Waals surface area contributed by atoms with E-state index < -0.39 is 0 Å². The molecule has 2 heterocycles. The largest absolute Gasteiger partial charge is 0.348 e. The molecule has 30 heavy (non-hydrogen) atoms. The second-order valence-electron chi connectivity index (χ2n) is 6.78. The van der Waals surface area contributed by atoms with Crippen LogP contribution in [0, 0.1) is 6.92 Å². The number of hydrogen-bond donors (Lipinski definition) is 1. The first-order valence-corrected chi connectivity index (χ1v) is 9.94. The molecule has 0 bridgehead atoms. The molecule has 3 rings (SSSR count). The van der Waals surface area contributed by atoms with Gasteiger partial charge in [0.1, 0.15) is 5.82 Å². The molecule has 0 aliphatic rings. The zero-order valence-electron chi connectivity index (χ0n) is 17.4. The van der Waals surface area contributed by atoms with Crippen molar-refractivity contribution < 1.29 is 9.59 Å². The van der Waals surface area contributed by atoms with Gasteiger partial charge in [-0.3, -0.25) is 14.6 Å². The van der Waals surface area contributed by atoms with Crippen molar-refractivity contribution in [3.8, 4) is 11.3 Å². The second kappa shape index (κ2) is 9.73.